The van der Waals surface area contributed by atoms with E-state index >= 15 is 0 Å². The molecular weight excluding hydrogens is 356 g/mol. The van der Waals surface area contributed by atoms with Crippen molar-refractivity contribution in [2.24, 2.45) is 10.7 Å². The van der Waals surface area contributed by atoms with E-state index in [1.165, 1.54) is 11.1 Å². The van der Waals surface area contributed by atoms with Crippen LogP contribution in [-0.2, 0) is 11.2 Å². The zero-order chi connectivity index (χ0) is 18.8. The lowest BCUT2D eigenvalue weighted by atomic mass is 9.94. The molecule has 2 heterocycles. The van der Waals surface area contributed by atoms with Crippen LogP contribution in [-0.4, -0.2) is 30.2 Å². The van der Waals surface area contributed by atoms with Gasteiger partial charge in [0.1, 0.15) is 0 Å². The lowest BCUT2D eigenvalue weighted by Gasteiger charge is -2.21. The highest BCUT2D eigenvalue weighted by Crippen LogP contribution is 2.37. The molecule has 4 rings (SSSR count). The van der Waals surface area contributed by atoms with Gasteiger partial charge >= 0.3 is 0 Å². The summed E-state index contributed by atoms with van der Waals surface area (Å²) in [4.78, 5) is 16.2. The molecule has 2 aliphatic heterocycles. The molecule has 3 atom stereocenters. The van der Waals surface area contributed by atoms with Gasteiger partial charge in [0, 0.05) is 18.3 Å². The smallest absolute Gasteiger partial charge is 0.228 e. The quantitative estimate of drug-likeness (QED) is 0.745. The maximum absolute atomic E-state index is 11.5. The molecule has 1 amide bonds. The predicted octanol–water partition coefficient (Wildman–Crippen LogP) is 3.05. The lowest BCUT2D eigenvalue weighted by molar-refractivity contribution is -0.115. The maximum Gasteiger partial charge on any atom is 0.228 e. The molecule has 0 spiro atoms. The van der Waals surface area contributed by atoms with E-state index in [9.17, 15) is 4.79 Å². The van der Waals surface area contributed by atoms with E-state index in [0.717, 1.165) is 23.0 Å². The topological polar surface area (TPSA) is 79.5 Å². The van der Waals surface area contributed by atoms with E-state index in [1.807, 2.05) is 24.3 Å². The number of carbonyl (C=O) groups excluding carboxylic acids is 1. The van der Waals surface area contributed by atoms with Gasteiger partial charge in [0.15, 0.2) is 5.17 Å². The molecule has 0 radical (unpaired) electrons. The van der Waals surface area contributed by atoms with E-state index in [-0.39, 0.29) is 23.1 Å². The summed E-state index contributed by atoms with van der Waals surface area (Å²) in [6.07, 6.45) is 0.471. The number of anilines is 1. The number of benzene rings is 2. The molecule has 0 aliphatic carbocycles. The van der Waals surface area contributed by atoms with Crippen molar-refractivity contribution in [2.45, 2.75) is 30.6 Å². The van der Waals surface area contributed by atoms with Crippen LogP contribution in [0.2, 0.25) is 0 Å². The summed E-state index contributed by atoms with van der Waals surface area (Å²) < 4.78 is 0. The molecule has 0 saturated carbocycles. The summed E-state index contributed by atoms with van der Waals surface area (Å²) in [7, 11) is 0. The Kier molecular flexibility index (Phi) is 5.18. The van der Waals surface area contributed by atoms with Crippen LogP contribution < -0.4 is 16.4 Å². The molecule has 5 nitrogen and oxygen atoms in total. The third-order valence-electron chi connectivity index (χ3n) is 5.24. The van der Waals surface area contributed by atoms with Gasteiger partial charge in [-0.2, -0.15) is 0 Å². The summed E-state index contributed by atoms with van der Waals surface area (Å²) in [6, 6.07) is 16.6. The minimum Gasteiger partial charge on any atom is -0.363 e. The van der Waals surface area contributed by atoms with Gasteiger partial charge in [-0.1, -0.05) is 61.2 Å². The zero-order valence-electron chi connectivity index (χ0n) is 15.3. The summed E-state index contributed by atoms with van der Waals surface area (Å²) in [5, 5.41) is 7.53. The van der Waals surface area contributed by atoms with Crippen molar-refractivity contribution in [3.8, 4) is 0 Å². The summed E-state index contributed by atoms with van der Waals surface area (Å²) in [5.74, 6) is 0.351. The number of fused-ring (bicyclic) bond motifs is 1. The van der Waals surface area contributed by atoms with E-state index in [1.54, 1.807) is 11.8 Å². The van der Waals surface area contributed by atoms with Crippen molar-refractivity contribution in [1.29, 1.82) is 0 Å². The fraction of sp³-hybridized carbons (Fsp3) is 0.333. The summed E-state index contributed by atoms with van der Waals surface area (Å²) in [6.45, 7) is 3.60. The Hall–Kier alpha value is -2.31. The van der Waals surface area contributed by atoms with E-state index in [4.69, 9.17) is 5.73 Å². The third kappa shape index (κ3) is 4.01. The average Bonchev–Trinajstić information content (AvgIpc) is 3.31. The van der Waals surface area contributed by atoms with E-state index < -0.39 is 0 Å². The summed E-state index contributed by atoms with van der Waals surface area (Å²) in [5.41, 5.74) is 10.9. The van der Waals surface area contributed by atoms with Crippen LogP contribution in [0.15, 0.2) is 53.5 Å². The lowest BCUT2D eigenvalue weighted by Crippen LogP contribution is -2.39. The standard InChI is InChI=1S/C21H24N4OS/c1-13(14-5-3-2-4-6-14)17(22)11-23-21-24-12-19(27-21)15-7-8-18-16(9-15)10-20(26)25-18/h2-9,13,17,19H,10-12,22H2,1H3,(H,23,24)(H,25,26)/t13-,17+,19?/m0/s1. The van der Waals surface area contributed by atoms with Crippen LogP contribution >= 0.6 is 11.8 Å². The molecule has 2 aliphatic rings. The molecule has 6 heteroatoms. The van der Waals surface area contributed by atoms with Crippen LogP contribution in [0.4, 0.5) is 5.69 Å². The number of nitrogens with one attached hydrogen (secondary N) is 2. The first-order valence-corrected chi connectivity index (χ1v) is 10.2. The minimum absolute atomic E-state index is 0.0202. The Morgan fingerprint density at radius 3 is 2.93 bits per heavy atom. The Morgan fingerprint density at radius 2 is 2.11 bits per heavy atom. The fourth-order valence-electron chi connectivity index (χ4n) is 3.48. The largest absolute Gasteiger partial charge is 0.363 e. The molecule has 0 saturated heterocycles. The van der Waals surface area contributed by atoms with Crippen LogP contribution in [0.25, 0.3) is 0 Å². The van der Waals surface area contributed by atoms with Crippen molar-refractivity contribution >= 4 is 28.5 Å². The molecule has 27 heavy (non-hydrogen) atoms. The molecular formula is C21H24N4OS. The number of nitrogens with two attached hydrogens (primary N) is 1. The maximum atomic E-state index is 11.5. The number of amidine groups is 1. The van der Waals surface area contributed by atoms with Gasteiger partial charge in [-0.15, -0.1) is 0 Å². The van der Waals surface area contributed by atoms with Gasteiger partial charge in [0.05, 0.1) is 18.2 Å². The number of aliphatic imine (C=N–C) groups is 1. The molecule has 2 aromatic rings. The Labute approximate surface area is 163 Å². The molecule has 4 N–H and O–H groups in total. The highest BCUT2D eigenvalue weighted by molar-refractivity contribution is 8.14. The molecule has 0 fully saturated rings. The normalized spacial score (nSPS) is 20.6. The monoisotopic (exact) mass is 380 g/mol. The number of hydrogen-bond donors (Lipinski definition) is 3. The van der Waals surface area contributed by atoms with Gasteiger partial charge in [-0.05, 0) is 28.7 Å². The van der Waals surface area contributed by atoms with Crippen molar-refractivity contribution in [3.05, 3.63) is 65.2 Å². The van der Waals surface area contributed by atoms with Gasteiger partial charge < -0.3 is 16.4 Å². The first kappa shape index (κ1) is 18.1. The first-order valence-electron chi connectivity index (χ1n) is 9.28. The van der Waals surface area contributed by atoms with Gasteiger partial charge in [0.2, 0.25) is 5.91 Å². The average molecular weight is 381 g/mol. The fourth-order valence-corrected chi connectivity index (χ4v) is 4.50. The van der Waals surface area contributed by atoms with Gasteiger partial charge in [-0.25, -0.2) is 0 Å². The van der Waals surface area contributed by atoms with Crippen LogP contribution in [0.3, 0.4) is 0 Å². The molecule has 2 aromatic carbocycles. The second kappa shape index (κ2) is 7.74. The van der Waals surface area contributed by atoms with Crippen molar-refractivity contribution in [3.63, 3.8) is 0 Å². The SMILES string of the molecule is C[C@@H](c1ccccc1)[C@H](N)CNC1=NCC(c2ccc3c(c2)CC(=O)N3)S1. The number of rotatable bonds is 5. The van der Waals surface area contributed by atoms with Crippen molar-refractivity contribution in [1.82, 2.24) is 5.32 Å². The number of thioether (sulfide) groups is 1. The Balaban J connectivity index is 1.31. The minimum atomic E-state index is 0.0202. The second-order valence-corrected chi connectivity index (χ2v) is 8.33. The molecule has 1 unspecified atom stereocenters. The van der Waals surface area contributed by atoms with Crippen LogP contribution in [0.1, 0.15) is 34.8 Å². The highest BCUT2D eigenvalue weighted by atomic mass is 32.2. The second-order valence-electron chi connectivity index (χ2n) is 7.14. The number of hydrogen-bond acceptors (Lipinski definition) is 5. The van der Waals surface area contributed by atoms with Crippen molar-refractivity contribution in [2.75, 3.05) is 18.4 Å². The van der Waals surface area contributed by atoms with E-state index in [0.29, 0.717) is 13.0 Å². The Bertz CT molecular complexity index is 868. The molecule has 0 aromatic heterocycles. The molecule has 0 bridgehead atoms. The van der Waals surface area contributed by atoms with Gasteiger partial charge in [-0.3, -0.25) is 9.79 Å². The zero-order valence-corrected chi connectivity index (χ0v) is 16.1. The molecule has 140 valence electrons. The van der Waals surface area contributed by atoms with Crippen LogP contribution in [0.5, 0.6) is 0 Å². The van der Waals surface area contributed by atoms with Gasteiger partial charge in [0.25, 0.3) is 0 Å². The van der Waals surface area contributed by atoms with Crippen molar-refractivity contribution < 1.29 is 4.79 Å². The Morgan fingerprint density at radius 1 is 1.30 bits per heavy atom. The first-order chi connectivity index (χ1) is 13.1. The number of nitrogens with zero attached hydrogens (tertiary/aromatic N) is 1. The highest BCUT2D eigenvalue weighted by Gasteiger charge is 2.25. The predicted molar refractivity (Wildman–Crippen MR) is 112 cm³/mol. The number of amides is 1. The number of carbonyl (C=O) groups is 1. The summed E-state index contributed by atoms with van der Waals surface area (Å²) >= 11 is 1.74. The van der Waals surface area contributed by atoms with Crippen LogP contribution in [0, 0.1) is 0 Å². The third-order valence-corrected chi connectivity index (χ3v) is 6.44. The van der Waals surface area contributed by atoms with E-state index in [2.05, 4.69) is 46.8 Å².